The molecule has 1 aliphatic heterocycles. The van der Waals surface area contributed by atoms with Crippen LogP contribution in [0, 0.1) is 6.92 Å². The van der Waals surface area contributed by atoms with Gasteiger partial charge in [0.05, 0.1) is 12.1 Å². The smallest absolute Gasteiger partial charge is 0.138 e. The van der Waals surface area contributed by atoms with E-state index in [-0.39, 0.29) is 0 Å². The molecule has 2 rings (SSSR count). The molecule has 0 aliphatic carbocycles. The number of hydrogen-bond acceptors (Lipinski definition) is 2. The third-order valence-electron chi connectivity index (χ3n) is 3.21. The number of hydrogen-bond donors (Lipinski definition) is 1. The lowest BCUT2D eigenvalue weighted by atomic mass is 9.89. The Morgan fingerprint density at radius 1 is 1.31 bits per heavy atom. The fraction of sp³-hybridized carbons (Fsp3) is 0.538. The first-order valence-electron chi connectivity index (χ1n) is 5.77. The maximum atomic E-state index is 6.37. The van der Waals surface area contributed by atoms with E-state index in [0.29, 0.717) is 5.92 Å². The van der Waals surface area contributed by atoms with Crippen molar-refractivity contribution in [2.24, 2.45) is 0 Å². The Morgan fingerprint density at radius 3 is 2.62 bits per heavy atom. The number of piperidine rings is 1. The van der Waals surface area contributed by atoms with Crippen molar-refractivity contribution < 1.29 is 4.74 Å². The van der Waals surface area contributed by atoms with Crippen molar-refractivity contribution in [2.75, 3.05) is 20.2 Å². The lowest BCUT2D eigenvalue weighted by Crippen LogP contribution is -2.26. The predicted molar refractivity (Wildman–Crippen MR) is 67.6 cm³/mol. The van der Waals surface area contributed by atoms with Gasteiger partial charge in [0.15, 0.2) is 0 Å². The zero-order valence-corrected chi connectivity index (χ0v) is 10.6. The van der Waals surface area contributed by atoms with Crippen molar-refractivity contribution >= 4 is 11.6 Å². The average Bonchev–Trinajstić information content (AvgIpc) is 2.33. The van der Waals surface area contributed by atoms with E-state index < -0.39 is 0 Å². The van der Waals surface area contributed by atoms with Gasteiger partial charge in [-0.3, -0.25) is 0 Å². The van der Waals surface area contributed by atoms with Crippen LogP contribution in [0.3, 0.4) is 0 Å². The minimum absolute atomic E-state index is 0.572. The Balaban J connectivity index is 2.34. The molecule has 1 saturated heterocycles. The molecule has 0 atom stereocenters. The van der Waals surface area contributed by atoms with Crippen LogP contribution in [0.1, 0.15) is 29.9 Å². The first-order chi connectivity index (χ1) is 7.72. The van der Waals surface area contributed by atoms with Gasteiger partial charge in [-0.15, -0.1) is 0 Å². The van der Waals surface area contributed by atoms with Gasteiger partial charge in [-0.25, -0.2) is 0 Å². The predicted octanol–water partition coefficient (Wildman–Crippen LogP) is 3.12. The van der Waals surface area contributed by atoms with E-state index in [1.807, 2.05) is 6.07 Å². The van der Waals surface area contributed by atoms with Crippen molar-refractivity contribution in [3.8, 4) is 5.75 Å². The van der Waals surface area contributed by atoms with Crippen LogP contribution in [0.2, 0.25) is 5.02 Å². The summed E-state index contributed by atoms with van der Waals surface area (Å²) in [5.41, 5.74) is 2.47. The molecule has 2 nitrogen and oxygen atoms in total. The van der Waals surface area contributed by atoms with Crippen molar-refractivity contribution in [3.05, 3.63) is 28.3 Å². The molecule has 1 N–H and O–H groups in total. The molecule has 0 spiro atoms. The highest BCUT2D eigenvalue weighted by Crippen LogP contribution is 2.37. The molecular formula is C13H18ClNO. The summed E-state index contributed by atoms with van der Waals surface area (Å²) in [5, 5.41) is 4.16. The van der Waals surface area contributed by atoms with Gasteiger partial charge in [0, 0.05) is 0 Å². The third kappa shape index (κ3) is 2.33. The molecule has 1 aliphatic rings. The zero-order chi connectivity index (χ0) is 11.5. The first-order valence-corrected chi connectivity index (χ1v) is 6.15. The van der Waals surface area contributed by atoms with E-state index >= 15 is 0 Å². The van der Waals surface area contributed by atoms with Gasteiger partial charge in [-0.2, -0.15) is 0 Å². The fourth-order valence-electron chi connectivity index (χ4n) is 2.34. The third-order valence-corrected chi connectivity index (χ3v) is 3.62. The minimum Gasteiger partial charge on any atom is -0.495 e. The van der Waals surface area contributed by atoms with E-state index in [0.717, 1.165) is 36.7 Å². The lowest BCUT2D eigenvalue weighted by Gasteiger charge is -2.24. The number of rotatable bonds is 2. The first kappa shape index (κ1) is 11.7. The Bertz CT molecular complexity index is 372. The molecule has 1 fully saturated rings. The zero-order valence-electron chi connectivity index (χ0n) is 9.85. The summed E-state index contributed by atoms with van der Waals surface area (Å²) in [4.78, 5) is 0. The molecule has 88 valence electrons. The van der Waals surface area contributed by atoms with Gasteiger partial charge in [0.25, 0.3) is 0 Å². The summed E-state index contributed by atoms with van der Waals surface area (Å²) in [6.45, 7) is 4.25. The molecule has 1 heterocycles. The fourth-order valence-corrected chi connectivity index (χ4v) is 2.68. The minimum atomic E-state index is 0.572. The van der Waals surface area contributed by atoms with E-state index in [1.165, 1.54) is 11.1 Å². The van der Waals surface area contributed by atoms with Crippen LogP contribution in [0.5, 0.6) is 5.75 Å². The molecule has 1 aromatic carbocycles. The average molecular weight is 240 g/mol. The monoisotopic (exact) mass is 239 g/mol. The molecule has 0 aromatic heterocycles. The van der Waals surface area contributed by atoms with Crippen LogP contribution in [0.25, 0.3) is 0 Å². The Morgan fingerprint density at radius 2 is 2.00 bits per heavy atom. The summed E-state index contributed by atoms with van der Waals surface area (Å²) in [6.07, 6.45) is 2.32. The molecule has 0 unspecified atom stereocenters. The summed E-state index contributed by atoms with van der Waals surface area (Å²) in [7, 11) is 1.67. The second-order valence-electron chi connectivity index (χ2n) is 4.39. The van der Waals surface area contributed by atoms with Gasteiger partial charge < -0.3 is 10.1 Å². The van der Waals surface area contributed by atoms with E-state index in [4.69, 9.17) is 16.3 Å². The van der Waals surface area contributed by atoms with Crippen molar-refractivity contribution in [1.82, 2.24) is 5.32 Å². The molecule has 16 heavy (non-hydrogen) atoms. The highest BCUT2D eigenvalue weighted by Gasteiger charge is 2.20. The normalized spacial score (nSPS) is 17.4. The van der Waals surface area contributed by atoms with Gasteiger partial charge >= 0.3 is 0 Å². The SMILES string of the molecule is COc1cc(C)cc(C2CCNCC2)c1Cl. The molecule has 3 heteroatoms. The number of benzene rings is 1. The summed E-state index contributed by atoms with van der Waals surface area (Å²) in [5.74, 6) is 1.37. The molecule has 0 radical (unpaired) electrons. The summed E-state index contributed by atoms with van der Waals surface area (Å²) >= 11 is 6.37. The Hall–Kier alpha value is -0.730. The number of methoxy groups -OCH3 is 1. The Kier molecular flexibility index (Phi) is 3.72. The van der Waals surface area contributed by atoms with Crippen LogP contribution >= 0.6 is 11.6 Å². The highest BCUT2D eigenvalue weighted by atomic mass is 35.5. The molecule has 0 bridgehead atoms. The second kappa shape index (κ2) is 5.07. The van der Waals surface area contributed by atoms with E-state index in [2.05, 4.69) is 18.3 Å². The van der Waals surface area contributed by atoms with Gasteiger partial charge in [0.2, 0.25) is 0 Å². The quantitative estimate of drug-likeness (QED) is 0.856. The largest absolute Gasteiger partial charge is 0.495 e. The van der Waals surface area contributed by atoms with Gasteiger partial charge in [-0.1, -0.05) is 17.7 Å². The number of nitrogens with one attached hydrogen (secondary N) is 1. The summed E-state index contributed by atoms with van der Waals surface area (Å²) < 4.78 is 5.31. The molecule has 1 aromatic rings. The molecule has 0 saturated carbocycles. The van der Waals surface area contributed by atoms with Crippen molar-refractivity contribution in [3.63, 3.8) is 0 Å². The number of aryl methyl sites for hydroxylation is 1. The number of ether oxygens (including phenoxy) is 1. The lowest BCUT2D eigenvalue weighted by molar-refractivity contribution is 0.411. The standard InChI is InChI=1S/C13H18ClNO/c1-9-7-11(10-3-5-15-6-4-10)13(14)12(8-9)16-2/h7-8,10,15H,3-6H2,1-2H3. The van der Waals surface area contributed by atoms with Crippen LogP contribution in [-0.2, 0) is 0 Å². The van der Waals surface area contributed by atoms with Gasteiger partial charge in [-0.05, 0) is 56.0 Å². The Labute approximate surface area is 102 Å². The van der Waals surface area contributed by atoms with Crippen LogP contribution in [0.4, 0.5) is 0 Å². The van der Waals surface area contributed by atoms with Gasteiger partial charge in [0.1, 0.15) is 5.75 Å². The van der Waals surface area contributed by atoms with Crippen LogP contribution in [0.15, 0.2) is 12.1 Å². The highest BCUT2D eigenvalue weighted by molar-refractivity contribution is 6.32. The van der Waals surface area contributed by atoms with E-state index in [9.17, 15) is 0 Å². The van der Waals surface area contributed by atoms with Crippen molar-refractivity contribution in [1.29, 1.82) is 0 Å². The summed E-state index contributed by atoms with van der Waals surface area (Å²) in [6, 6.07) is 4.19. The van der Waals surface area contributed by atoms with Crippen LogP contribution in [-0.4, -0.2) is 20.2 Å². The molecular weight excluding hydrogens is 222 g/mol. The van der Waals surface area contributed by atoms with Crippen LogP contribution < -0.4 is 10.1 Å². The second-order valence-corrected chi connectivity index (χ2v) is 4.77. The maximum absolute atomic E-state index is 6.37. The van der Waals surface area contributed by atoms with E-state index in [1.54, 1.807) is 7.11 Å². The molecule has 0 amide bonds. The van der Waals surface area contributed by atoms with Crippen molar-refractivity contribution in [2.45, 2.75) is 25.7 Å². The maximum Gasteiger partial charge on any atom is 0.138 e. The topological polar surface area (TPSA) is 21.3 Å². The number of halogens is 1.